The van der Waals surface area contributed by atoms with Gasteiger partial charge in [-0.2, -0.15) is 0 Å². The summed E-state index contributed by atoms with van der Waals surface area (Å²) in [5.74, 6) is 1.38. The van der Waals surface area contributed by atoms with Gasteiger partial charge in [-0.15, -0.1) is 12.4 Å². The van der Waals surface area contributed by atoms with Crippen LogP contribution in [0.1, 0.15) is 18.4 Å². The van der Waals surface area contributed by atoms with Crippen LogP contribution in [0.25, 0.3) is 0 Å². The molecule has 7 heteroatoms. The molecule has 3 fully saturated rings. The summed E-state index contributed by atoms with van der Waals surface area (Å²) in [6.07, 6.45) is 1.55. The van der Waals surface area contributed by atoms with Gasteiger partial charge in [0.15, 0.2) is 0 Å². The Morgan fingerprint density at radius 2 is 1.96 bits per heavy atom. The molecule has 0 spiro atoms. The topological polar surface area (TPSA) is 64.7 Å². The van der Waals surface area contributed by atoms with Crippen molar-refractivity contribution in [3.05, 3.63) is 23.8 Å². The molecule has 3 aliphatic rings. The highest BCUT2D eigenvalue weighted by Crippen LogP contribution is 2.29. The Kier molecular flexibility index (Phi) is 5.20. The number of fused-ring (bicyclic) bond motifs is 1. The van der Waals surface area contributed by atoms with E-state index in [1.165, 1.54) is 0 Å². The minimum Gasteiger partial charge on any atom is -0.324 e. The maximum absolute atomic E-state index is 12.5. The van der Waals surface area contributed by atoms with Crippen molar-refractivity contribution in [1.82, 2.24) is 10.2 Å². The molecule has 3 aliphatic heterocycles. The lowest BCUT2D eigenvalue weighted by Gasteiger charge is -2.21. The fourth-order valence-corrected chi connectivity index (χ4v) is 4.16. The van der Waals surface area contributed by atoms with E-state index < -0.39 is 0 Å². The first-order valence-corrected chi connectivity index (χ1v) is 8.79. The third-order valence-electron chi connectivity index (χ3n) is 5.49. The Hall–Kier alpha value is -1.79. The van der Waals surface area contributed by atoms with E-state index in [0.29, 0.717) is 18.3 Å². The number of hydrogen-bond acceptors (Lipinski definition) is 3. The number of halogens is 1. The zero-order valence-electron chi connectivity index (χ0n) is 14.5. The van der Waals surface area contributed by atoms with Crippen LogP contribution in [-0.2, 0) is 4.79 Å². The molecule has 1 aromatic carbocycles. The van der Waals surface area contributed by atoms with Gasteiger partial charge in [0, 0.05) is 50.5 Å². The highest BCUT2D eigenvalue weighted by Gasteiger charge is 2.38. The Morgan fingerprint density at radius 3 is 2.56 bits per heavy atom. The number of aryl methyl sites for hydroxylation is 1. The van der Waals surface area contributed by atoms with Gasteiger partial charge in [-0.1, -0.05) is 0 Å². The molecular formula is C18H25ClN4O2. The van der Waals surface area contributed by atoms with Gasteiger partial charge in [0.05, 0.1) is 0 Å². The molecular weight excluding hydrogens is 340 g/mol. The van der Waals surface area contributed by atoms with Gasteiger partial charge < -0.3 is 20.4 Å². The summed E-state index contributed by atoms with van der Waals surface area (Å²) in [5, 5.41) is 6.39. The fraction of sp³-hybridized carbons (Fsp3) is 0.556. The summed E-state index contributed by atoms with van der Waals surface area (Å²) in [7, 11) is 0. The summed E-state index contributed by atoms with van der Waals surface area (Å²) in [5.41, 5.74) is 2.77. The van der Waals surface area contributed by atoms with Gasteiger partial charge >= 0.3 is 6.03 Å². The zero-order valence-corrected chi connectivity index (χ0v) is 15.3. The summed E-state index contributed by atoms with van der Waals surface area (Å²) >= 11 is 0. The average molecular weight is 365 g/mol. The largest absolute Gasteiger partial charge is 0.324 e. The summed E-state index contributed by atoms with van der Waals surface area (Å²) in [4.78, 5) is 28.1. The number of nitrogens with one attached hydrogen (secondary N) is 2. The van der Waals surface area contributed by atoms with E-state index in [2.05, 4.69) is 10.6 Å². The molecule has 0 bridgehead atoms. The molecule has 136 valence electrons. The Bertz CT molecular complexity index is 669. The highest BCUT2D eigenvalue weighted by molar-refractivity contribution is 5.97. The minimum absolute atomic E-state index is 0. The van der Waals surface area contributed by atoms with Crippen LogP contribution in [0.5, 0.6) is 0 Å². The molecule has 0 aromatic heterocycles. The molecule has 4 rings (SSSR count). The summed E-state index contributed by atoms with van der Waals surface area (Å²) in [6.45, 7) is 6.49. The van der Waals surface area contributed by atoms with Crippen molar-refractivity contribution < 1.29 is 9.59 Å². The predicted molar refractivity (Wildman–Crippen MR) is 100 cm³/mol. The Labute approximate surface area is 154 Å². The molecule has 25 heavy (non-hydrogen) atoms. The molecule has 0 aliphatic carbocycles. The second-order valence-electron chi connectivity index (χ2n) is 7.16. The van der Waals surface area contributed by atoms with Crippen molar-refractivity contribution in [2.45, 2.75) is 19.8 Å². The second-order valence-corrected chi connectivity index (χ2v) is 7.16. The zero-order chi connectivity index (χ0) is 16.7. The molecule has 2 N–H and O–H groups in total. The van der Waals surface area contributed by atoms with E-state index in [0.717, 1.165) is 56.1 Å². The minimum atomic E-state index is -0.0196. The van der Waals surface area contributed by atoms with E-state index >= 15 is 0 Å². The first-order chi connectivity index (χ1) is 11.6. The van der Waals surface area contributed by atoms with Crippen LogP contribution in [0.4, 0.5) is 16.2 Å². The van der Waals surface area contributed by atoms with E-state index in [9.17, 15) is 9.59 Å². The number of likely N-dealkylation sites (tertiary alicyclic amines) is 1. The van der Waals surface area contributed by atoms with E-state index in [1.807, 2.05) is 34.9 Å². The maximum atomic E-state index is 12.5. The quantitative estimate of drug-likeness (QED) is 0.845. The third-order valence-corrected chi connectivity index (χ3v) is 5.49. The Morgan fingerprint density at radius 1 is 1.24 bits per heavy atom. The standard InChI is InChI=1S/C18H24N4O2.ClH/c1-12-7-15(4-5-16(12)22-6-2-3-17(22)23)20-18(24)21-10-13-8-19-9-14(13)11-21;/h4-5,7,13-14,19H,2-3,6,8-11H2,1H3,(H,20,24);1H/t13-,14+;. The number of nitrogens with zero attached hydrogens (tertiary/aromatic N) is 2. The number of benzene rings is 1. The number of urea groups is 1. The molecule has 2 atom stereocenters. The lowest BCUT2D eigenvalue weighted by Crippen LogP contribution is -2.35. The molecule has 0 radical (unpaired) electrons. The van der Waals surface area contributed by atoms with Gasteiger partial charge in [-0.3, -0.25) is 4.79 Å². The Balaban J connectivity index is 0.00000182. The number of rotatable bonds is 2. The van der Waals surface area contributed by atoms with Gasteiger partial charge in [-0.25, -0.2) is 4.79 Å². The van der Waals surface area contributed by atoms with Crippen LogP contribution in [0.3, 0.4) is 0 Å². The number of hydrogen-bond donors (Lipinski definition) is 2. The second kappa shape index (κ2) is 7.22. The van der Waals surface area contributed by atoms with Crippen molar-refractivity contribution in [3.8, 4) is 0 Å². The molecule has 3 heterocycles. The molecule has 3 amide bonds. The monoisotopic (exact) mass is 364 g/mol. The molecule has 0 unspecified atom stereocenters. The van der Waals surface area contributed by atoms with Gasteiger partial charge in [0.25, 0.3) is 0 Å². The van der Waals surface area contributed by atoms with Crippen molar-refractivity contribution in [2.24, 2.45) is 11.8 Å². The first-order valence-electron chi connectivity index (χ1n) is 8.79. The first kappa shape index (κ1) is 18.0. The van der Waals surface area contributed by atoms with E-state index in [1.54, 1.807) is 0 Å². The average Bonchev–Trinajstić information content (AvgIpc) is 3.23. The number of carbonyl (C=O) groups excluding carboxylic acids is 2. The normalized spacial score (nSPS) is 25.1. The van der Waals surface area contributed by atoms with Gasteiger partial charge in [-0.05, 0) is 48.9 Å². The smallest absolute Gasteiger partial charge is 0.321 e. The van der Waals surface area contributed by atoms with E-state index in [-0.39, 0.29) is 24.3 Å². The molecule has 6 nitrogen and oxygen atoms in total. The third kappa shape index (κ3) is 3.46. The lowest BCUT2D eigenvalue weighted by atomic mass is 10.0. The fourth-order valence-electron chi connectivity index (χ4n) is 4.16. The van der Waals surface area contributed by atoms with Crippen molar-refractivity contribution in [3.63, 3.8) is 0 Å². The number of anilines is 2. The SMILES string of the molecule is Cc1cc(NC(=O)N2C[C@H]3CNC[C@H]3C2)ccc1N1CCCC1=O.Cl. The predicted octanol–water partition coefficient (Wildman–Crippen LogP) is 2.23. The molecule has 1 aromatic rings. The van der Waals surface area contributed by atoms with Crippen LogP contribution in [0, 0.1) is 18.8 Å². The van der Waals surface area contributed by atoms with Crippen LogP contribution in [0.15, 0.2) is 18.2 Å². The van der Waals surface area contributed by atoms with Gasteiger partial charge in [0.1, 0.15) is 0 Å². The van der Waals surface area contributed by atoms with Crippen molar-refractivity contribution >= 4 is 35.7 Å². The van der Waals surface area contributed by atoms with Gasteiger partial charge in [0.2, 0.25) is 5.91 Å². The maximum Gasteiger partial charge on any atom is 0.321 e. The van der Waals surface area contributed by atoms with Crippen LogP contribution >= 0.6 is 12.4 Å². The lowest BCUT2D eigenvalue weighted by molar-refractivity contribution is -0.117. The van der Waals surface area contributed by atoms with E-state index in [4.69, 9.17) is 0 Å². The number of amides is 3. The highest BCUT2D eigenvalue weighted by atomic mass is 35.5. The number of carbonyl (C=O) groups is 2. The summed E-state index contributed by atoms with van der Waals surface area (Å²) < 4.78 is 0. The molecule has 0 saturated carbocycles. The van der Waals surface area contributed by atoms with Crippen molar-refractivity contribution in [2.75, 3.05) is 42.9 Å². The molecule has 3 saturated heterocycles. The van der Waals surface area contributed by atoms with Crippen LogP contribution < -0.4 is 15.5 Å². The summed E-state index contributed by atoms with van der Waals surface area (Å²) in [6, 6.07) is 5.77. The van der Waals surface area contributed by atoms with Crippen LogP contribution in [0.2, 0.25) is 0 Å². The van der Waals surface area contributed by atoms with Crippen LogP contribution in [-0.4, -0.2) is 49.6 Å². The van der Waals surface area contributed by atoms with Crippen molar-refractivity contribution in [1.29, 1.82) is 0 Å².